The molecule has 0 aliphatic heterocycles. The van der Waals surface area contributed by atoms with E-state index in [1.54, 1.807) is 26.0 Å². The molecule has 4 nitrogen and oxygen atoms in total. The highest BCUT2D eigenvalue weighted by Gasteiger charge is 2.24. The maximum absolute atomic E-state index is 13.0. The van der Waals surface area contributed by atoms with Crippen LogP contribution >= 0.6 is 0 Å². The largest absolute Gasteiger partial charge is 0.398 e. The molecule has 0 heterocycles. The summed E-state index contributed by atoms with van der Waals surface area (Å²) in [6, 6.07) is 8.59. The van der Waals surface area contributed by atoms with Gasteiger partial charge in [-0.2, -0.15) is 0 Å². The van der Waals surface area contributed by atoms with Gasteiger partial charge in [-0.25, -0.2) is 12.8 Å². The lowest BCUT2D eigenvalue weighted by atomic mass is 10.1. The van der Waals surface area contributed by atoms with Crippen molar-refractivity contribution in [2.24, 2.45) is 0 Å². The van der Waals surface area contributed by atoms with Crippen LogP contribution in [0.3, 0.4) is 0 Å². The summed E-state index contributed by atoms with van der Waals surface area (Å²) in [5.74, 6) is -0.416. The van der Waals surface area contributed by atoms with E-state index >= 15 is 0 Å². The van der Waals surface area contributed by atoms with E-state index in [9.17, 15) is 12.8 Å². The molecule has 0 amide bonds. The minimum Gasteiger partial charge on any atom is -0.398 e. The number of halogens is 1. The normalized spacial score (nSPS) is 11.4. The molecule has 2 N–H and O–H groups in total. The van der Waals surface area contributed by atoms with Crippen molar-refractivity contribution in [3.63, 3.8) is 0 Å². The van der Waals surface area contributed by atoms with Crippen molar-refractivity contribution in [2.75, 3.05) is 17.1 Å². The second-order valence-corrected chi connectivity index (χ2v) is 6.86. The van der Waals surface area contributed by atoms with Gasteiger partial charge in [0.05, 0.1) is 10.6 Å². The Hall–Kier alpha value is -2.08. The van der Waals surface area contributed by atoms with E-state index in [4.69, 9.17) is 5.73 Å². The molecule has 0 saturated heterocycles. The Kier molecular flexibility index (Phi) is 3.91. The molecular weight excluding hydrogens is 291 g/mol. The Morgan fingerprint density at radius 3 is 2.24 bits per heavy atom. The van der Waals surface area contributed by atoms with Gasteiger partial charge in [-0.05, 0) is 61.4 Å². The number of hydrogen-bond acceptors (Lipinski definition) is 3. The molecule has 0 fully saturated rings. The monoisotopic (exact) mass is 308 g/mol. The van der Waals surface area contributed by atoms with Gasteiger partial charge in [0, 0.05) is 12.7 Å². The molecule has 0 bridgehead atoms. The first kappa shape index (κ1) is 15.3. The van der Waals surface area contributed by atoms with Gasteiger partial charge in [0.1, 0.15) is 5.82 Å². The number of rotatable bonds is 3. The van der Waals surface area contributed by atoms with E-state index in [-0.39, 0.29) is 4.90 Å². The van der Waals surface area contributed by atoms with Gasteiger partial charge in [0.2, 0.25) is 0 Å². The molecule has 2 aromatic carbocycles. The first-order valence-electron chi connectivity index (χ1n) is 6.34. The minimum absolute atomic E-state index is 0.159. The van der Waals surface area contributed by atoms with Crippen molar-refractivity contribution in [2.45, 2.75) is 18.7 Å². The fourth-order valence-electron chi connectivity index (χ4n) is 2.06. The fourth-order valence-corrected chi connectivity index (χ4v) is 3.59. The molecule has 0 saturated carbocycles. The van der Waals surface area contributed by atoms with Crippen LogP contribution in [0.4, 0.5) is 15.8 Å². The Balaban J connectivity index is 2.54. The Labute approximate surface area is 124 Å². The first-order valence-corrected chi connectivity index (χ1v) is 7.78. The average Bonchev–Trinajstić information content (AvgIpc) is 2.42. The van der Waals surface area contributed by atoms with Crippen molar-refractivity contribution >= 4 is 21.4 Å². The first-order chi connectivity index (χ1) is 9.73. The molecule has 0 aromatic heterocycles. The molecule has 112 valence electrons. The van der Waals surface area contributed by atoms with E-state index in [0.717, 1.165) is 9.87 Å². The zero-order chi connectivity index (χ0) is 15.8. The lowest BCUT2D eigenvalue weighted by Gasteiger charge is -2.21. The van der Waals surface area contributed by atoms with Crippen molar-refractivity contribution in [3.8, 4) is 0 Å². The van der Waals surface area contributed by atoms with Gasteiger partial charge in [0.25, 0.3) is 10.0 Å². The molecule has 0 aliphatic rings. The smallest absolute Gasteiger partial charge is 0.264 e. The van der Waals surface area contributed by atoms with Crippen LogP contribution in [0.2, 0.25) is 0 Å². The summed E-state index contributed by atoms with van der Waals surface area (Å²) >= 11 is 0. The summed E-state index contributed by atoms with van der Waals surface area (Å²) in [6.45, 7) is 3.45. The van der Waals surface area contributed by atoms with Crippen LogP contribution in [0.15, 0.2) is 41.3 Å². The molecule has 2 rings (SSSR count). The Bertz CT molecular complexity index is 771. The van der Waals surface area contributed by atoms with Crippen LogP contribution in [-0.4, -0.2) is 15.5 Å². The third-order valence-corrected chi connectivity index (χ3v) is 5.28. The van der Waals surface area contributed by atoms with Gasteiger partial charge in [0.15, 0.2) is 0 Å². The second kappa shape index (κ2) is 5.37. The molecular formula is C15H17FN2O2S. The number of nitrogens with two attached hydrogens (primary N) is 1. The number of nitrogen functional groups attached to an aromatic ring is 1. The van der Waals surface area contributed by atoms with Crippen LogP contribution in [0.1, 0.15) is 11.1 Å². The van der Waals surface area contributed by atoms with Gasteiger partial charge in [-0.1, -0.05) is 0 Å². The molecule has 0 spiro atoms. The highest BCUT2D eigenvalue weighted by Crippen LogP contribution is 2.28. The number of nitrogens with zero attached hydrogens (tertiary/aromatic N) is 1. The van der Waals surface area contributed by atoms with Gasteiger partial charge in [-0.3, -0.25) is 4.31 Å². The van der Waals surface area contributed by atoms with Crippen molar-refractivity contribution < 1.29 is 12.8 Å². The van der Waals surface area contributed by atoms with E-state index in [1.165, 1.54) is 31.3 Å². The van der Waals surface area contributed by atoms with Crippen molar-refractivity contribution in [3.05, 3.63) is 53.3 Å². The summed E-state index contributed by atoms with van der Waals surface area (Å²) in [5.41, 5.74) is 7.94. The molecule has 2 aromatic rings. The summed E-state index contributed by atoms with van der Waals surface area (Å²) in [4.78, 5) is 0.159. The predicted octanol–water partition coefficient (Wildman–Crippen LogP) is 2.85. The maximum atomic E-state index is 13.0. The molecule has 0 aliphatic carbocycles. The fraction of sp³-hybridized carbons (Fsp3) is 0.200. The zero-order valence-corrected chi connectivity index (χ0v) is 12.9. The van der Waals surface area contributed by atoms with Crippen LogP contribution in [0.25, 0.3) is 0 Å². The van der Waals surface area contributed by atoms with E-state index in [1.807, 2.05) is 0 Å². The SMILES string of the molecule is Cc1cc(N)c(C)c(S(=O)(=O)N(C)c2ccc(F)cc2)c1. The van der Waals surface area contributed by atoms with Crippen LogP contribution in [0.5, 0.6) is 0 Å². The van der Waals surface area contributed by atoms with Gasteiger partial charge >= 0.3 is 0 Å². The van der Waals surface area contributed by atoms with Crippen LogP contribution < -0.4 is 10.0 Å². The number of sulfonamides is 1. The highest BCUT2D eigenvalue weighted by atomic mass is 32.2. The van der Waals surface area contributed by atoms with Crippen LogP contribution in [-0.2, 0) is 10.0 Å². The van der Waals surface area contributed by atoms with Crippen molar-refractivity contribution in [1.29, 1.82) is 0 Å². The number of aryl methyl sites for hydroxylation is 1. The topological polar surface area (TPSA) is 63.4 Å². The quantitative estimate of drug-likeness (QED) is 0.887. The van der Waals surface area contributed by atoms with Gasteiger partial charge < -0.3 is 5.73 Å². The predicted molar refractivity (Wildman–Crippen MR) is 82.3 cm³/mol. The lowest BCUT2D eigenvalue weighted by molar-refractivity contribution is 0.593. The number of benzene rings is 2. The molecule has 0 atom stereocenters. The average molecular weight is 308 g/mol. The van der Waals surface area contributed by atoms with E-state index in [2.05, 4.69) is 0 Å². The third-order valence-electron chi connectivity index (χ3n) is 3.37. The summed E-state index contributed by atoms with van der Waals surface area (Å²) in [5, 5.41) is 0. The molecule has 21 heavy (non-hydrogen) atoms. The number of anilines is 2. The number of hydrogen-bond donors (Lipinski definition) is 1. The van der Waals surface area contributed by atoms with E-state index < -0.39 is 15.8 Å². The second-order valence-electron chi connectivity index (χ2n) is 4.93. The van der Waals surface area contributed by atoms with E-state index in [0.29, 0.717) is 16.9 Å². The summed E-state index contributed by atoms with van der Waals surface area (Å²) < 4.78 is 39.5. The summed E-state index contributed by atoms with van der Waals surface area (Å²) in [7, 11) is -2.32. The molecule has 0 unspecified atom stereocenters. The zero-order valence-electron chi connectivity index (χ0n) is 12.1. The highest BCUT2D eigenvalue weighted by molar-refractivity contribution is 7.92. The molecule has 6 heteroatoms. The lowest BCUT2D eigenvalue weighted by Crippen LogP contribution is -2.27. The standard InChI is InChI=1S/C15H17FN2O2S/c1-10-8-14(17)11(2)15(9-10)21(19,20)18(3)13-6-4-12(16)5-7-13/h4-9H,17H2,1-3H3. The molecule has 0 radical (unpaired) electrons. The Morgan fingerprint density at radius 1 is 1.10 bits per heavy atom. The maximum Gasteiger partial charge on any atom is 0.264 e. The summed E-state index contributed by atoms with van der Waals surface area (Å²) in [6.07, 6.45) is 0. The Morgan fingerprint density at radius 2 is 1.67 bits per heavy atom. The minimum atomic E-state index is -3.75. The third kappa shape index (κ3) is 2.85. The van der Waals surface area contributed by atoms with Crippen LogP contribution in [0, 0.1) is 19.7 Å². The van der Waals surface area contributed by atoms with Crippen molar-refractivity contribution in [1.82, 2.24) is 0 Å². The van der Waals surface area contributed by atoms with Gasteiger partial charge in [-0.15, -0.1) is 0 Å².